The van der Waals surface area contributed by atoms with Crippen molar-refractivity contribution in [2.24, 2.45) is 5.10 Å². The van der Waals surface area contributed by atoms with Crippen LogP contribution in [0.2, 0.25) is 0 Å². The van der Waals surface area contributed by atoms with Crippen molar-refractivity contribution in [3.05, 3.63) is 97.6 Å². The van der Waals surface area contributed by atoms with Crippen molar-refractivity contribution in [3.8, 4) is 11.5 Å². The fourth-order valence-electron chi connectivity index (χ4n) is 3.18. The Bertz CT molecular complexity index is 1390. The van der Waals surface area contributed by atoms with E-state index < -0.39 is 27.1 Å². The number of nitro groups is 2. The van der Waals surface area contributed by atoms with Crippen molar-refractivity contribution in [1.29, 1.82) is 0 Å². The van der Waals surface area contributed by atoms with Gasteiger partial charge >= 0.3 is 5.69 Å². The first-order valence-corrected chi connectivity index (χ1v) is 11.0. The number of hydrogen-bond acceptors (Lipinski definition) is 8. The predicted molar refractivity (Wildman–Crippen MR) is 136 cm³/mol. The molecule has 0 radical (unpaired) electrons. The Kier molecular flexibility index (Phi) is 8.60. The van der Waals surface area contributed by atoms with Crippen LogP contribution in [-0.4, -0.2) is 27.9 Å². The number of anilines is 1. The maximum Gasteiger partial charge on any atom is 0.318 e. The standard InChI is InChI=1S/C25H23N5O7/c1-16-6-7-17(2)21(12-16)27-24(31)10-11-25(32)28-26-15-18-4-3-5-20(13-18)37-23-9-8-19(29(33)34)14-22(23)30(35)36/h3-9,12-15H,10-11H2,1-2H3,(H,27,31)(H,28,32). The second-order valence-electron chi connectivity index (χ2n) is 8.00. The Balaban J connectivity index is 1.55. The number of nitro benzene ring substituents is 2. The van der Waals surface area contributed by atoms with Crippen LogP contribution in [0.1, 0.15) is 29.5 Å². The number of hydrazone groups is 1. The molecule has 0 spiro atoms. The number of carbonyl (C=O) groups is 2. The number of amides is 2. The van der Waals surface area contributed by atoms with Crippen LogP contribution in [0.3, 0.4) is 0 Å². The lowest BCUT2D eigenvalue weighted by molar-refractivity contribution is -0.394. The van der Waals surface area contributed by atoms with E-state index in [-0.39, 0.29) is 30.2 Å². The van der Waals surface area contributed by atoms with Crippen molar-refractivity contribution in [3.63, 3.8) is 0 Å². The summed E-state index contributed by atoms with van der Waals surface area (Å²) in [4.78, 5) is 44.9. The van der Waals surface area contributed by atoms with Gasteiger partial charge in [0.05, 0.1) is 22.1 Å². The van der Waals surface area contributed by atoms with Crippen LogP contribution < -0.4 is 15.5 Å². The molecule has 0 bridgehead atoms. The number of hydrogen-bond donors (Lipinski definition) is 2. The van der Waals surface area contributed by atoms with Gasteiger partial charge in [-0.2, -0.15) is 5.10 Å². The van der Waals surface area contributed by atoms with E-state index in [1.807, 2.05) is 32.0 Å². The molecule has 2 amide bonds. The normalized spacial score (nSPS) is 10.6. The van der Waals surface area contributed by atoms with Gasteiger partial charge in [0.15, 0.2) is 0 Å². The Morgan fingerprint density at radius 1 is 0.946 bits per heavy atom. The number of nitrogens with one attached hydrogen (secondary N) is 2. The lowest BCUT2D eigenvalue weighted by Crippen LogP contribution is -2.20. The van der Waals surface area contributed by atoms with Crippen LogP contribution in [0, 0.1) is 34.1 Å². The van der Waals surface area contributed by atoms with Gasteiger partial charge in [-0.3, -0.25) is 29.8 Å². The molecule has 190 valence electrons. The number of rotatable bonds is 10. The van der Waals surface area contributed by atoms with Crippen molar-refractivity contribution in [2.75, 3.05) is 5.32 Å². The van der Waals surface area contributed by atoms with E-state index in [9.17, 15) is 29.8 Å². The zero-order valence-corrected chi connectivity index (χ0v) is 20.0. The average molecular weight is 505 g/mol. The molecule has 0 saturated heterocycles. The van der Waals surface area contributed by atoms with E-state index in [0.29, 0.717) is 11.3 Å². The molecule has 0 aromatic heterocycles. The lowest BCUT2D eigenvalue weighted by Gasteiger charge is -2.09. The number of non-ortho nitro benzene ring substituents is 1. The Labute approximate surface area is 211 Å². The molecule has 0 aliphatic heterocycles. The summed E-state index contributed by atoms with van der Waals surface area (Å²) in [7, 11) is 0. The summed E-state index contributed by atoms with van der Waals surface area (Å²) >= 11 is 0. The Morgan fingerprint density at radius 2 is 1.70 bits per heavy atom. The smallest absolute Gasteiger partial charge is 0.318 e. The number of benzene rings is 3. The van der Waals surface area contributed by atoms with Crippen LogP contribution in [-0.2, 0) is 9.59 Å². The number of aryl methyl sites for hydroxylation is 2. The van der Waals surface area contributed by atoms with Gasteiger partial charge in [-0.1, -0.05) is 24.3 Å². The second-order valence-corrected chi connectivity index (χ2v) is 8.00. The minimum atomic E-state index is -0.772. The Hall–Kier alpha value is -5.13. The topological polar surface area (TPSA) is 166 Å². The molecular weight excluding hydrogens is 482 g/mol. The fraction of sp³-hybridized carbons (Fsp3) is 0.160. The molecule has 0 saturated carbocycles. The highest BCUT2D eigenvalue weighted by Gasteiger charge is 2.21. The molecule has 0 fully saturated rings. The third kappa shape index (κ3) is 7.68. The highest BCUT2D eigenvalue weighted by Crippen LogP contribution is 2.34. The Morgan fingerprint density at radius 3 is 2.43 bits per heavy atom. The minimum absolute atomic E-state index is 0.0217. The average Bonchev–Trinajstić information content (AvgIpc) is 2.85. The maximum absolute atomic E-state index is 12.2. The zero-order valence-electron chi connectivity index (χ0n) is 20.0. The van der Waals surface area contributed by atoms with E-state index in [4.69, 9.17) is 4.74 Å². The molecular formula is C25H23N5O7. The number of ether oxygens (including phenoxy) is 1. The molecule has 3 aromatic rings. The zero-order chi connectivity index (χ0) is 26.9. The van der Waals surface area contributed by atoms with Crippen LogP contribution in [0.4, 0.5) is 17.1 Å². The third-order valence-corrected chi connectivity index (χ3v) is 5.09. The summed E-state index contributed by atoms with van der Waals surface area (Å²) in [6, 6.07) is 15.1. The largest absolute Gasteiger partial charge is 0.450 e. The number of carbonyl (C=O) groups excluding carboxylic acids is 2. The van der Waals surface area contributed by atoms with Crippen molar-refractivity contribution in [1.82, 2.24) is 5.43 Å². The summed E-state index contributed by atoms with van der Waals surface area (Å²) in [6.07, 6.45) is 1.25. The predicted octanol–water partition coefficient (Wildman–Crippen LogP) is 4.78. The highest BCUT2D eigenvalue weighted by molar-refractivity contribution is 5.94. The van der Waals surface area contributed by atoms with E-state index in [2.05, 4.69) is 15.8 Å². The van der Waals surface area contributed by atoms with E-state index >= 15 is 0 Å². The molecule has 3 rings (SSSR count). The van der Waals surface area contributed by atoms with Gasteiger partial charge in [0, 0.05) is 24.6 Å². The van der Waals surface area contributed by atoms with Gasteiger partial charge in [-0.05, 0) is 54.8 Å². The third-order valence-electron chi connectivity index (χ3n) is 5.09. The summed E-state index contributed by atoms with van der Waals surface area (Å²) in [5, 5.41) is 28.8. The molecule has 3 aromatic carbocycles. The molecule has 0 heterocycles. The van der Waals surface area contributed by atoms with Crippen molar-refractivity contribution in [2.45, 2.75) is 26.7 Å². The lowest BCUT2D eigenvalue weighted by atomic mass is 10.1. The molecule has 0 atom stereocenters. The fourth-order valence-corrected chi connectivity index (χ4v) is 3.18. The summed E-state index contributed by atoms with van der Waals surface area (Å²) in [5.41, 5.74) is 4.49. The molecule has 2 N–H and O–H groups in total. The molecule has 0 unspecified atom stereocenters. The highest BCUT2D eigenvalue weighted by atomic mass is 16.6. The van der Waals surface area contributed by atoms with Gasteiger partial charge in [0.2, 0.25) is 17.6 Å². The van der Waals surface area contributed by atoms with Crippen molar-refractivity contribution < 1.29 is 24.2 Å². The van der Waals surface area contributed by atoms with Crippen LogP contribution in [0.25, 0.3) is 0 Å². The van der Waals surface area contributed by atoms with Gasteiger partial charge < -0.3 is 10.1 Å². The molecule has 12 heteroatoms. The van der Waals surface area contributed by atoms with E-state index in [0.717, 1.165) is 29.3 Å². The SMILES string of the molecule is Cc1ccc(C)c(NC(=O)CCC(=O)NN=Cc2cccc(Oc3ccc([N+](=O)[O-])cc3[N+](=O)[O-])c2)c1. The first kappa shape index (κ1) is 26.5. The van der Waals surface area contributed by atoms with Gasteiger partial charge in [-0.15, -0.1) is 0 Å². The first-order chi connectivity index (χ1) is 17.6. The molecule has 37 heavy (non-hydrogen) atoms. The quantitative estimate of drug-likeness (QED) is 0.227. The second kappa shape index (κ2) is 12.0. The molecule has 0 aliphatic carbocycles. The van der Waals surface area contributed by atoms with Crippen LogP contribution >= 0.6 is 0 Å². The number of nitrogens with zero attached hydrogens (tertiary/aromatic N) is 3. The van der Waals surface area contributed by atoms with E-state index in [1.54, 1.807) is 12.1 Å². The van der Waals surface area contributed by atoms with E-state index in [1.165, 1.54) is 18.3 Å². The van der Waals surface area contributed by atoms with Crippen molar-refractivity contribution >= 4 is 35.1 Å². The molecule has 12 nitrogen and oxygen atoms in total. The van der Waals surface area contributed by atoms with Gasteiger partial charge in [0.1, 0.15) is 5.75 Å². The van der Waals surface area contributed by atoms with Crippen LogP contribution in [0.15, 0.2) is 65.8 Å². The minimum Gasteiger partial charge on any atom is -0.450 e. The first-order valence-electron chi connectivity index (χ1n) is 11.0. The van der Waals surface area contributed by atoms with Gasteiger partial charge in [-0.25, -0.2) is 5.43 Å². The summed E-state index contributed by atoms with van der Waals surface area (Å²) in [5.74, 6) is -0.702. The maximum atomic E-state index is 12.2. The summed E-state index contributed by atoms with van der Waals surface area (Å²) < 4.78 is 5.55. The molecule has 0 aliphatic rings. The van der Waals surface area contributed by atoms with Crippen LogP contribution in [0.5, 0.6) is 11.5 Å². The van der Waals surface area contributed by atoms with Gasteiger partial charge in [0.25, 0.3) is 5.69 Å². The summed E-state index contributed by atoms with van der Waals surface area (Å²) in [6.45, 7) is 3.80. The monoisotopic (exact) mass is 505 g/mol.